The zero-order valence-electron chi connectivity index (χ0n) is 15.0. The van der Waals surface area contributed by atoms with Crippen molar-refractivity contribution in [1.82, 2.24) is 5.32 Å². The molecule has 21 heavy (non-hydrogen) atoms. The van der Waals surface area contributed by atoms with Gasteiger partial charge in [0.15, 0.2) is 0 Å². The van der Waals surface area contributed by atoms with Crippen molar-refractivity contribution in [3.05, 3.63) is 0 Å². The summed E-state index contributed by atoms with van der Waals surface area (Å²) in [6.45, 7) is 9.99. The summed E-state index contributed by atoms with van der Waals surface area (Å²) in [7, 11) is 0. The van der Waals surface area contributed by atoms with Gasteiger partial charge >= 0.3 is 0 Å². The maximum absolute atomic E-state index is 6.53. The van der Waals surface area contributed by atoms with E-state index in [4.69, 9.17) is 4.74 Å². The Balaban J connectivity index is 2.65. The van der Waals surface area contributed by atoms with Gasteiger partial charge in [-0.2, -0.15) is 0 Å². The van der Waals surface area contributed by atoms with Crippen LogP contribution in [0.15, 0.2) is 0 Å². The van der Waals surface area contributed by atoms with E-state index in [1.54, 1.807) is 0 Å². The van der Waals surface area contributed by atoms with Gasteiger partial charge in [-0.3, -0.25) is 0 Å². The van der Waals surface area contributed by atoms with Gasteiger partial charge in [0.05, 0.1) is 11.7 Å². The molecule has 0 aromatic rings. The van der Waals surface area contributed by atoms with Crippen molar-refractivity contribution in [1.29, 1.82) is 0 Å². The van der Waals surface area contributed by atoms with Gasteiger partial charge in [0, 0.05) is 6.04 Å². The standard InChI is InChI=1S/C19H39NO/c1-5-19(3,4)21-18-16-14-12-10-8-7-9-11-13-15-17(18)20-6-2/h17-18,20H,5-16H2,1-4H3. The van der Waals surface area contributed by atoms with E-state index < -0.39 is 0 Å². The molecule has 1 rings (SSSR count). The van der Waals surface area contributed by atoms with Crippen LogP contribution in [0.2, 0.25) is 0 Å². The van der Waals surface area contributed by atoms with E-state index in [9.17, 15) is 0 Å². The highest BCUT2D eigenvalue weighted by Crippen LogP contribution is 2.25. The Kier molecular flexibility index (Phi) is 9.59. The van der Waals surface area contributed by atoms with Crippen LogP contribution in [0.25, 0.3) is 0 Å². The lowest BCUT2D eigenvalue weighted by Crippen LogP contribution is -2.45. The van der Waals surface area contributed by atoms with Crippen LogP contribution in [0.1, 0.15) is 98.3 Å². The molecule has 0 radical (unpaired) electrons. The number of ether oxygens (including phenoxy) is 1. The van der Waals surface area contributed by atoms with Crippen LogP contribution in [-0.2, 0) is 4.74 Å². The van der Waals surface area contributed by atoms with Gasteiger partial charge < -0.3 is 10.1 Å². The average Bonchev–Trinajstić information content (AvgIpc) is 2.45. The second kappa shape index (κ2) is 10.6. The van der Waals surface area contributed by atoms with Gasteiger partial charge in [0.2, 0.25) is 0 Å². The van der Waals surface area contributed by atoms with E-state index >= 15 is 0 Å². The van der Waals surface area contributed by atoms with E-state index in [0.29, 0.717) is 12.1 Å². The Morgan fingerprint density at radius 2 is 1.38 bits per heavy atom. The van der Waals surface area contributed by atoms with Crippen LogP contribution in [0, 0.1) is 0 Å². The molecule has 0 bridgehead atoms. The fraction of sp³-hybridized carbons (Fsp3) is 1.00. The van der Waals surface area contributed by atoms with Crippen molar-refractivity contribution < 1.29 is 4.74 Å². The molecule has 2 unspecified atom stereocenters. The molecule has 1 aliphatic carbocycles. The highest BCUT2D eigenvalue weighted by atomic mass is 16.5. The van der Waals surface area contributed by atoms with Crippen molar-refractivity contribution in [2.75, 3.05) is 6.54 Å². The van der Waals surface area contributed by atoms with Crippen LogP contribution >= 0.6 is 0 Å². The van der Waals surface area contributed by atoms with Crippen molar-refractivity contribution in [2.24, 2.45) is 0 Å². The summed E-state index contributed by atoms with van der Waals surface area (Å²) in [5.41, 5.74) is 0.00933. The molecule has 0 heterocycles. The number of hydrogen-bond acceptors (Lipinski definition) is 2. The highest BCUT2D eigenvalue weighted by Gasteiger charge is 2.27. The minimum Gasteiger partial charge on any atom is -0.371 e. The fourth-order valence-electron chi connectivity index (χ4n) is 3.29. The summed E-state index contributed by atoms with van der Waals surface area (Å²) in [5.74, 6) is 0. The molecule has 0 spiro atoms. The SMILES string of the molecule is CCNC1CCCCCCCCCCC1OC(C)(C)CC. The minimum absolute atomic E-state index is 0.00933. The average molecular weight is 298 g/mol. The van der Waals surface area contributed by atoms with Crippen molar-refractivity contribution >= 4 is 0 Å². The van der Waals surface area contributed by atoms with Gasteiger partial charge in [-0.1, -0.05) is 65.2 Å². The largest absolute Gasteiger partial charge is 0.371 e. The molecule has 0 saturated heterocycles. The molecular weight excluding hydrogens is 258 g/mol. The first-order valence-electron chi connectivity index (χ1n) is 9.50. The minimum atomic E-state index is 0.00933. The summed E-state index contributed by atoms with van der Waals surface area (Å²) in [6.07, 6.45) is 15.1. The molecule has 2 heteroatoms. The predicted octanol–water partition coefficient (Wildman–Crippen LogP) is 5.45. The Hall–Kier alpha value is -0.0800. The summed E-state index contributed by atoms with van der Waals surface area (Å²) in [5, 5.41) is 3.71. The Morgan fingerprint density at radius 1 is 0.857 bits per heavy atom. The third-order valence-corrected chi connectivity index (χ3v) is 4.99. The fourth-order valence-corrected chi connectivity index (χ4v) is 3.29. The van der Waals surface area contributed by atoms with Gasteiger partial charge in [0.1, 0.15) is 0 Å². The smallest absolute Gasteiger partial charge is 0.0735 e. The second-order valence-electron chi connectivity index (χ2n) is 7.34. The van der Waals surface area contributed by atoms with E-state index in [-0.39, 0.29) is 5.60 Å². The third-order valence-electron chi connectivity index (χ3n) is 4.99. The number of nitrogens with one attached hydrogen (secondary N) is 1. The van der Waals surface area contributed by atoms with Crippen LogP contribution in [-0.4, -0.2) is 24.3 Å². The molecule has 1 saturated carbocycles. The first kappa shape index (κ1) is 19.0. The zero-order chi connectivity index (χ0) is 15.6. The molecule has 0 aromatic carbocycles. The molecule has 0 amide bonds. The molecule has 126 valence electrons. The highest BCUT2D eigenvalue weighted by molar-refractivity contribution is 4.81. The first-order chi connectivity index (χ1) is 10.1. The molecule has 2 atom stereocenters. The van der Waals surface area contributed by atoms with Gasteiger partial charge in [-0.25, -0.2) is 0 Å². The van der Waals surface area contributed by atoms with E-state index in [1.165, 1.54) is 64.2 Å². The van der Waals surface area contributed by atoms with Crippen LogP contribution < -0.4 is 5.32 Å². The molecule has 0 aliphatic heterocycles. The zero-order valence-corrected chi connectivity index (χ0v) is 15.0. The maximum Gasteiger partial charge on any atom is 0.0735 e. The summed E-state index contributed by atoms with van der Waals surface area (Å²) >= 11 is 0. The Labute approximate surface area is 133 Å². The third kappa shape index (κ3) is 8.21. The Morgan fingerprint density at radius 3 is 1.90 bits per heavy atom. The predicted molar refractivity (Wildman–Crippen MR) is 92.9 cm³/mol. The molecule has 1 aliphatic rings. The second-order valence-corrected chi connectivity index (χ2v) is 7.34. The summed E-state index contributed by atoms with van der Waals surface area (Å²) in [6, 6.07) is 0.542. The van der Waals surface area contributed by atoms with E-state index in [0.717, 1.165) is 13.0 Å². The quantitative estimate of drug-likeness (QED) is 0.728. The number of hydrogen-bond donors (Lipinski definition) is 1. The molecule has 1 N–H and O–H groups in total. The van der Waals surface area contributed by atoms with Crippen molar-refractivity contribution in [2.45, 2.75) is 116 Å². The number of rotatable bonds is 5. The lowest BCUT2D eigenvalue weighted by molar-refractivity contribution is -0.0924. The summed E-state index contributed by atoms with van der Waals surface area (Å²) in [4.78, 5) is 0. The van der Waals surface area contributed by atoms with Crippen molar-refractivity contribution in [3.63, 3.8) is 0 Å². The van der Waals surface area contributed by atoms with Gasteiger partial charge in [-0.05, 0) is 39.7 Å². The van der Waals surface area contributed by atoms with Crippen LogP contribution in [0.3, 0.4) is 0 Å². The summed E-state index contributed by atoms with van der Waals surface area (Å²) < 4.78 is 6.53. The first-order valence-corrected chi connectivity index (χ1v) is 9.50. The number of likely N-dealkylation sites (N-methyl/N-ethyl adjacent to an activating group) is 1. The topological polar surface area (TPSA) is 21.3 Å². The monoisotopic (exact) mass is 297 g/mol. The van der Waals surface area contributed by atoms with E-state index in [1.807, 2.05) is 0 Å². The van der Waals surface area contributed by atoms with Crippen LogP contribution in [0.4, 0.5) is 0 Å². The van der Waals surface area contributed by atoms with Crippen LogP contribution in [0.5, 0.6) is 0 Å². The van der Waals surface area contributed by atoms with Gasteiger partial charge in [-0.15, -0.1) is 0 Å². The lowest BCUT2D eigenvalue weighted by atomic mass is 9.94. The molecule has 1 fully saturated rings. The molecular formula is C19H39NO. The van der Waals surface area contributed by atoms with Gasteiger partial charge in [0.25, 0.3) is 0 Å². The normalized spacial score (nSPS) is 26.9. The lowest BCUT2D eigenvalue weighted by Gasteiger charge is -2.35. The van der Waals surface area contributed by atoms with E-state index in [2.05, 4.69) is 33.0 Å². The maximum atomic E-state index is 6.53. The molecule has 0 aromatic heterocycles. The Bertz CT molecular complexity index is 252. The van der Waals surface area contributed by atoms with Crippen molar-refractivity contribution in [3.8, 4) is 0 Å². The molecule has 2 nitrogen and oxygen atoms in total.